The van der Waals surface area contributed by atoms with Crippen molar-refractivity contribution in [3.63, 3.8) is 0 Å². The number of aliphatic carboxylic acids is 1. The van der Waals surface area contributed by atoms with Gasteiger partial charge in [0.1, 0.15) is 6.04 Å². The van der Waals surface area contributed by atoms with E-state index in [0.29, 0.717) is 6.04 Å². The van der Waals surface area contributed by atoms with Gasteiger partial charge in [0.25, 0.3) is 0 Å². The van der Waals surface area contributed by atoms with Gasteiger partial charge in [0.15, 0.2) is 0 Å². The van der Waals surface area contributed by atoms with E-state index in [1.165, 1.54) is 25.7 Å². The van der Waals surface area contributed by atoms with Crippen LogP contribution < -0.4 is 5.32 Å². The van der Waals surface area contributed by atoms with Gasteiger partial charge in [-0.25, -0.2) is 0 Å². The Bertz CT molecular complexity index is 247. The molecule has 0 radical (unpaired) electrons. The third-order valence-corrected chi connectivity index (χ3v) is 3.70. The number of carboxylic acids is 1. The van der Waals surface area contributed by atoms with Gasteiger partial charge in [0.2, 0.25) is 0 Å². The van der Waals surface area contributed by atoms with Crippen LogP contribution in [0.25, 0.3) is 0 Å². The Morgan fingerprint density at radius 1 is 1.21 bits per heavy atom. The van der Waals surface area contributed by atoms with Crippen molar-refractivity contribution in [3.05, 3.63) is 0 Å². The number of nitrogens with one attached hydrogen (secondary N) is 1. The molecule has 1 saturated carbocycles. The topological polar surface area (TPSA) is 52.6 Å². The van der Waals surface area contributed by atoms with Crippen molar-refractivity contribution in [3.8, 4) is 0 Å². The summed E-state index contributed by atoms with van der Waals surface area (Å²) in [6, 6.07) is 0.0964. The molecule has 0 aromatic heterocycles. The normalized spacial score (nSPS) is 16.8. The number of hydrogen-bond acceptors (Lipinski definition) is 3. The number of carbonyl (C=O) groups is 1. The van der Waals surface area contributed by atoms with Gasteiger partial charge >= 0.3 is 5.97 Å². The van der Waals surface area contributed by atoms with E-state index < -0.39 is 5.97 Å². The first-order valence-corrected chi connectivity index (χ1v) is 7.88. The van der Waals surface area contributed by atoms with Gasteiger partial charge < -0.3 is 15.3 Å². The van der Waals surface area contributed by atoms with E-state index in [0.717, 1.165) is 38.9 Å². The van der Waals surface area contributed by atoms with Crippen LogP contribution in [0.3, 0.4) is 0 Å². The molecule has 1 aliphatic rings. The average Bonchev–Trinajstić information content (AvgIpc) is 3.20. The average molecular weight is 270 g/mol. The van der Waals surface area contributed by atoms with Crippen molar-refractivity contribution >= 4 is 5.97 Å². The minimum Gasteiger partial charge on any atom is -0.480 e. The van der Waals surface area contributed by atoms with E-state index in [9.17, 15) is 9.90 Å². The summed E-state index contributed by atoms with van der Waals surface area (Å²) < 4.78 is 0. The monoisotopic (exact) mass is 270 g/mol. The molecule has 0 aromatic rings. The second-order valence-corrected chi connectivity index (χ2v) is 5.67. The molecular formula is C15H30N2O2. The first-order chi connectivity index (χ1) is 9.17. The van der Waals surface area contributed by atoms with Crippen molar-refractivity contribution in [1.29, 1.82) is 0 Å². The molecular weight excluding hydrogens is 240 g/mol. The van der Waals surface area contributed by atoms with Crippen molar-refractivity contribution in [2.45, 2.75) is 70.9 Å². The fourth-order valence-electron chi connectivity index (χ4n) is 2.22. The Balaban J connectivity index is 2.30. The minimum atomic E-state index is -0.696. The van der Waals surface area contributed by atoms with E-state index in [-0.39, 0.29) is 6.04 Å². The summed E-state index contributed by atoms with van der Waals surface area (Å²) in [7, 11) is 0. The highest BCUT2D eigenvalue weighted by Gasteiger charge is 2.28. The smallest absolute Gasteiger partial charge is 0.320 e. The molecule has 4 heteroatoms. The fraction of sp³-hybridized carbons (Fsp3) is 0.933. The molecule has 0 spiro atoms. The first kappa shape index (κ1) is 16.4. The summed E-state index contributed by atoms with van der Waals surface area (Å²) in [5.41, 5.74) is 0. The highest BCUT2D eigenvalue weighted by Crippen LogP contribution is 2.20. The van der Waals surface area contributed by atoms with Crippen LogP contribution in [0.15, 0.2) is 0 Å². The molecule has 1 unspecified atom stereocenters. The molecule has 112 valence electrons. The van der Waals surface area contributed by atoms with E-state index >= 15 is 0 Å². The van der Waals surface area contributed by atoms with E-state index in [1.54, 1.807) is 0 Å². The summed E-state index contributed by atoms with van der Waals surface area (Å²) in [4.78, 5) is 13.7. The van der Waals surface area contributed by atoms with Crippen LogP contribution in [0.1, 0.15) is 58.8 Å². The summed E-state index contributed by atoms with van der Waals surface area (Å²) >= 11 is 0. The van der Waals surface area contributed by atoms with Crippen LogP contribution in [0.5, 0.6) is 0 Å². The van der Waals surface area contributed by atoms with Gasteiger partial charge in [-0.15, -0.1) is 0 Å². The van der Waals surface area contributed by atoms with Gasteiger partial charge in [0.05, 0.1) is 0 Å². The zero-order chi connectivity index (χ0) is 14.1. The first-order valence-electron chi connectivity index (χ1n) is 7.88. The molecule has 19 heavy (non-hydrogen) atoms. The van der Waals surface area contributed by atoms with Crippen molar-refractivity contribution in [2.24, 2.45) is 0 Å². The van der Waals surface area contributed by atoms with Crippen LogP contribution in [-0.2, 0) is 4.79 Å². The van der Waals surface area contributed by atoms with Gasteiger partial charge in [-0.2, -0.15) is 0 Å². The van der Waals surface area contributed by atoms with E-state index in [1.807, 2.05) is 0 Å². The maximum Gasteiger partial charge on any atom is 0.320 e. The van der Waals surface area contributed by atoms with Crippen molar-refractivity contribution < 1.29 is 9.90 Å². The molecule has 0 aliphatic heterocycles. The Morgan fingerprint density at radius 2 is 1.79 bits per heavy atom. The quantitative estimate of drug-likeness (QED) is 0.572. The Kier molecular flexibility index (Phi) is 8.07. The predicted octanol–water partition coefficient (Wildman–Crippen LogP) is 2.48. The second kappa shape index (κ2) is 9.32. The van der Waals surface area contributed by atoms with Gasteiger partial charge in [-0.05, 0) is 45.2 Å². The summed E-state index contributed by atoms with van der Waals surface area (Å²) in [6.07, 6.45) is 7.81. The molecule has 0 amide bonds. The maximum absolute atomic E-state index is 11.2. The summed E-state index contributed by atoms with van der Waals surface area (Å²) in [5, 5.41) is 12.5. The highest BCUT2D eigenvalue weighted by atomic mass is 16.4. The largest absolute Gasteiger partial charge is 0.480 e. The molecule has 0 aromatic carbocycles. The van der Waals surface area contributed by atoms with Crippen molar-refractivity contribution in [1.82, 2.24) is 10.2 Å². The SMILES string of the molecule is CCCCN(CCCC)CCC(NC1CC1)C(=O)O. The number of rotatable bonds is 12. The third-order valence-electron chi connectivity index (χ3n) is 3.70. The number of unbranched alkanes of at least 4 members (excludes halogenated alkanes) is 2. The minimum absolute atomic E-state index is 0.363. The lowest BCUT2D eigenvalue weighted by Gasteiger charge is -2.24. The third kappa shape index (κ3) is 7.53. The molecule has 0 saturated heterocycles. The van der Waals surface area contributed by atoms with E-state index in [2.05, 4.69) is 24.1 Å². The molecule has 0 bridgehead atoms. The molecule has 4 nitrogen and oxygen atoms in total. The van der Waals surface area contributed by atoms with Crippen LogP contribution in [0.2, 0.25) is 0 Å². The van der Waals surface area contributed by atoms with Crippen LogP contribution >= 0.6 is 0 Å². The maximum atomic E-state index is 11.2. The van der Waals surface area contributed by atoms with Gasteiger partial charge in [0, 0.05) is 12.6 Å². The zero-order valence-electron chi connectivity index (χ0n) is 12.5. The summed E-state index contributed by atoms with van der Waals surface area (Å²) in [6.45, 7) is 7.51. The Hall–Kier alpha value is -0.610. The van der Waals surface area contributed by atoms with Crippen LogP contribution in [0.4, 0.5) is 0 Å². The lowest BCUT2D eigenvalue weighted by Crippen LogP contribution is -2.41. The summed E-state index contributed by atoms with van der Waals surface area (Å²) in [5.74, 6) is -0.696. The molecule has 0 heterocycles. The number of hydrogen-bond donors (Lipinski definition) is 2. The number of nitrogens with zero attached hydrogens (tertiary/aromatic N) is 1. The molecule has 1 aliphatic carbocycles. The highest BCUT2D eigenvalue weighted by molar-refractivity contribution is 5.73. The lowest BCUT2D eigenvalue weighted by molar-refractivity contribution is -0.139. The standard InChI is InChI=1S/C15H30N2O2/c1-3-5-10-17(11-6-4-2)12-9-14(15(18)19)16-13-7-8-13/h13-14,16H,3-12H2,1-2H3,(H,18,19). The van der Waals surface area contributed by atoms with Crippen LogP contribution in [0, 0.1) is 0 Å². The zero-order valence-corrected chi connectivity index (χ0v) is 12.5. The number of carboxylic acid groups (broad SMARTS) is 1. The second-order valence-electron chi connectivity index (χ2n) is 5.67. The molecule has 2 N–H and O–H groups in total. The fourth-order valence-corrected chi connectivity index (χ4v) is 2.22. The van der Waals surface area contributed by atoms with Gasteiger partial charge in [-0.1, -0.05) is 26.7 Å². The predicted molar refractivity (Wildman–Crippen MR) is 78.5 cm³/mol. The lowest BCUT2D eigenvalue weighted by atomic mass is 10.1. The Morgan fingerprint density at radius 3 is 2.21 bits per heavy atom. The van der Waals surface area contributed by atoms with Crippen LogP contribution in [-0.4, -0.2) is 47.7 Å². The Labute approximate surface area is 117 Å². The van der Waals surface area contributed by atoms with Crippen molar-refractivity contribution in [2.75, 3.05) is 19.6 Å². The van der Waals surface area contributed by atoms with Gasteiger partial charge in [-0.3, -0.25) is 4.79 Å². The molecule has 1 fully saturated rings. The van der Waals surface area contributed by atoms with E-state index in [4.69, 9.17) is 0 Å². The molecule has 1 atom stereocenters. The molecule has 1 rings (SSSR count).